The minimum atomic E-state index is 0.448. The molecule has 1 aromatic carbocycles. The Bertz CT molecular complexity index is 1070. The van der Waals surface area contributed by atoms with E-state index in [0.717, 1.165) is 32.2 Å². The Balaban J connectivity index is 2.07. The Morgan fingerprint density at radius 3 is 3.00 bits per heavy atom. The highest BCUT2D eigenvalue weighted by Gasteiger charge is 2.17. The highest BCUT2D eigenvalue weighted by Crippen LogP contribution is 2.36. The van der Waals surface area contributed by atoms with Gasteiger partial charge in [0.2, 0.25) is 0 Å². The molecule has 0 saturated carbocycles. The van der Waals surface area contributed by atoms with E-state index in [0.29, 0.717) is 16.9 Å². The molecule has 22 heavy (non-hydrogen) atoms. The van der Waals surface area contributed by atoms with Crippen LogP contribution in [0.15, 0.2) is 35.8 Å². The summed E-state index contributed by atoms with van der Waals surface area (Å²) in [4.78, 5) is 8.73. The van der Waals surface area contributed by atoms with Gasteiger partial charge in [-0.05, 0) is 36.1 Å². The van der Waals surface area contributed by atoms with Gasteiger partial charge in [0.25, 0.3) is 0 Å². The third-order valence-corrected chi connectivity index (χ3v) is 4.87. The number of aromatic amines is 1. The van der Waals surface area contributed by atoms with Crippen molar-refractivity contribution in [2.75, 3.05) is 5.73 Å². The summed E-state index contributed by atoms with van der Waals surface area (Å²) < 4.78 is 0. The summed E-state index contributed by atoms with van der Waals surface area (Å²) in [6, 6.07) is 10.2. The van der Waals surface area contributed by atoms with Crippen LogP contribution in [0, 0.1) is 18.3 Å². The van der Waals surface area contributed by atoms with Crippen LogP contribution >= 0.6 is 11.3 Å². The fraction of sp³-hybridized carbons (Fsp3) is 0.0588. The van der Waals surface area contributed by atoms with Gasteiger partial charge in [-0.1, -0.05) is 6.07 Å². The molecule has 4 nitrogen and oxygen atoms in total. The first-order valence-electron chi connectivity index (χ1n) is 6.84. The average molecular weight is 304 g/mol. The molecule has 0 bridgehead atoms. The van der Waals surface area contributed by atoms with E-state index in [1.165, 1.54) is 0 Å². The number of aryl methyl sites for hydroxylation is 1. The van der Waals surface area contributed by atoms with Crippen LogP contribution in [0.25, 0.3) is 32.4 Å². The highest BCUT2D eigenvalue weighted by molar-refractivity contribution is 7.17. The lowest BCUT2D eigenvalue weighted by atomic mass is 10.0. The van der Waals surface area contributed by atoms with Crippen LogP contribution < -0.4 is 5.73 Å². The van der Waals surface area contributed by atoms with Gasteiger partial charge in [0.05, 0.1) is 11.4 Å². The standard InChI is InChI=1S/C17H12N4S/c1-9-8-22-17-14(9)15(19)12(7-18)16(21-17)11-2-3-13-10(6-11)4-5-20-13/h2-6,8,20H,1H3,(H2,19,21). The van der Waals surface area contributed by atoms with E-state index in [4.69, 9.17) is 10.7 Å². The lowest BCUT2D eigenvalue weighted by Crippen LogP contribution is -1.98. The predicted octanol–water partition coefficient (Wildman–Crippen LogP) is 4.21. The number of nitrogens with zero attached hydrogens (tertiary/aromatic N) is 2. The number of nitriles is 1. The van der Waals surface area contributed by atoms with E-state index >= 15 is 0 Å². The van der Waals surface area contributed by atoms with Crippen LogP contribution in [0.5, 0.6) is 0 Å². The third-order valence-electron chi connectivity index (χ3n) is 3.88. The Kier molecular flexibility index (Phi) is 2.68. The van der Waals surface area contributed by atoms with Crippen molar-refractivity contribution in [3.63, 3.8) is 0 Å². The van der Waals surface area contributed by atoms with Gasteiger partial charge < -0.3 is 10.7 Å². The zero-order valence-corrected chi connectivity index (χ0v) is 12.7. The second kappa shape index (κ2) is 4.58. The van der Waals surface area contributed by atoms with Gasteiger partial charge >= 0.3 is 0 Å². The number of nitrogens with two attached hydrogens (primary N) is 1. The monoisotopic (exact) mass is 304 g/mol. The van der Waals surface area contributed by atoms with E-state index in [2.05, 4.69) is 11.1 Å². The number of H-pyrrole nitrogens is 1. The van der Waals surface area contributed by atoms with Crippen molar-refractivity contribution in [3.05, 3.63) is 47.0 Å². The van der Waals surface area contributed by atoms with Gasteiger partial charge in [0, 0.05) is 28.0 Å². The van der Waals surface area contributed by atoms with Gasteiger partial charge in [-0.2, -0.15) is 5.26 Å². The topological polar surface area (TPSA) is 78.5 Å². The Labute approximate surface area is 130 Å². The smallest absolute Gasteiger partial charge is 0.126 e. The molecule has 0 aliphatic heterocycles. The Morgan fingerprint density at radius 2 is 2.18 bits per heavy atom. The molecular formula is C17H12N4S. The highest BCUT2D eigenvalue weighted by atomic mass is 32.1. The summed E-state index contributed by atoms with van der Waals surface area (Å²) in [6.07, 6.45) is 1.90. The third kappa shape index (κ3) is 1.71. The van der Waals surface area contributed by atoms with Crippen LogP contribution in [-0.4, -0.2) is 9.97 Å². The largest absolute Gasteiger partial charge is 0.397 e. The van der Waals surface area contributed by atoms with Crippen molar-refractivity contribution in [2.24, 2.45) is 0 Å². The normalized spacial score (nSPS) is 11.1. The number of thiophene rings is 1. The SMILES string of the molecule is Cc1csc2nc(-c3ccc4[nH]ccc4c3)c(C#N)c(N)c12. The molecule has 4 aromatic rings. The summed E-state index contributed by atoms with van der Waals surface area (Å²) in [7, 11) is 0. The van der Waals surface area contributed by atoms with Crippen molar-refractivity contribution < 1.29 is 0 Å². The first kappa shape index (κ1) is 12.9. The van der Waals surface area contributed by atoms with E-state index in [1.54, 1.807) is 11.3 Å². The number of hydrogen-bond acceptors (Lipinski definition) is 4. The molecular weight excluding hydrogens is 292 g/mol. The van der Waals surface area contributed by atoms with Gasteiger partial charge in [-0.15, -0.1) is 11.3 Å². The Morgan fingerprint density at radius 1 is 1.32 bits per heavy atom. The van der Waals surface area contributed by atoms with Crippen LogP contribution in [0.1, 0.15) is 11.1 Å². The van der Waals surface area contributed by atoms with Crippen molar-refractivity contribution in [1.82, 2.24) is 9.97 Å². The number of anilines is 1. The summed E-state index contributed by atoms with van der Waals surface area (Å²) in [6.45, 7) is 1.99. The lowest BCUT2D eigenvalue weighted by molar-refractivity contribution is 1.38. The molecule has 3 aromatic heterocycles. The minimum Gasteiger partial charge on any atom is -0.397 e. The van der Waals surface area contributed by atoms with E-state index in [1.807, 2.05) is 42.8 Å². The molecule has 0 aliphatic rings. The zero-order chi connectivity index (χ0) is 15.3. The number of hydrogen-bond donors (Lipinski definition) is 2. The molecule has 106 valence electrons. The molecule has 0 saturated heterocycles. The number of rotatable bonds is 1. The fourth-order valence-electron chi connectivity index (χ4n) is 2.77. The van der Waals surface area contributed by atoms with Crippen molar-refractivity contribution in [1.29, 1.82) is 5.26 Å². The molecule has 5 heteroatoms. The Hall–Kier alpha value is -2.84. The molecule has 0 amide bonds. The maximum absolute atomic E-state index is 9.55. The quantitative estimate of drug-likeness (QED) is 0.553. The molecule has 0 aliphatic carbocycles. The second-order valence-electron chi connectivity index (χ2n) is 5.24. The average Bonchev–Trinajstić information content (AvgIpc) is 3.13. The first-order valence-corrected chi connectivity index (χ1v) is 7.72. The number of pyridine rings is 1. The fourth-order valence-corrected chi connectivity index (χ4v) is 3.71. The van der Waals surface area contributed by atoms with Crippen molar-refractivity contribution in [3.8, 4) is 17.3 Å². The zero-order valence-electron chi connectivity index (χ0n) is 11.8. The maximum atomic E-state index is 9.55. The summed E-state index contributed by atoms with van der Waals surface area (Å²) >= 11 is 1.55. The molecule has 3 N–H and O–H groups in total. The molecule has 0 radical (unpaired) electrons. The van der Waals surface area contributed by atoms with Gasteiger partial charge in [-0.3, -0.25) is 0 Å². The van der Waals surface area contributed by atoms with Crippen LogP contribution in [-0.2, 0) is 0 Å². The number of aromatic nitrogens is 2. The number of fused-ring (bicyclic) bond motifs is 2. The molecule has 0 fully saturated rings. The molecule has 3 heterocycles. The second-order valence-corrected chi connectivity index (χ2v) is 6.10. The number of nitrogen functional groups attached to an aromatic ring is 1. The van der Waals surface area contributed by atoms with Crippen molar-refractivity contribution in [2.45, 2.75) is 6.92 Å². The van der Waals surface area contributed by atoms with Crippen molar-refractivity contribution >= 4 is 38.1 Å². The van der Waals surface area contributed by atoms with Crippen LogP contribution in [0.4, 0.5) is 5.69 Å². The van der Waals surface area contributed by atoms with Gasteiger partial charge in [0.1, 0.15) is 16.5 Å². The van der Waals surface area contributed by atoms with E-state index in [9.17, 15) is 5.26 Å². The molecule has 0 unspecified atom stereocenters. The van der Waals surface area contributed by atoms with Gasteiger partial charge in [-0.25, -0.2) is 4.98 Å². The van der Waals surface area contributed by atoms with Crippen LogP contribution in [0.3, 0.4) is 0 Å². The lowest BCUT2D eigenvalue weighted by Gasteiger charge is -2.08. The van der Waals surface area contributed by atoms with Gasteiger partial charge in [0.15, 0.2) is 0 Å². The first-order chi connectivity index (χ1) is 10.7. The summed E-state index contributed by atoms with van der Waals surface area (Å²) in [5.74, 6) is 0. The van der Waals surface area contributed by atoms with E-state index in [-0.39, 0.29) is 0 Å². The minimum absolute atomic E-state index is 0.448. The van der Waals surface area contributed by atoms with Crippen LogP contribution in [0.2, 0.25) is 0 Å². The predicted molar refractivity (Wildman–Crippen MR) is 90.8 cm³/mol. The molecule has 0 atom stereocenters. The summed E-state index contributed by atoms with van der Waals surface area (Å²) in [5.41, 5.74) is 10.9. The van der Waals surface area contributed by atoms with E-state index < -0.39 is 0 Å². The maximum Gasteiger partial charge on any atom is 0.126 e. The molecule has 0 spiro atoms. The number of benzene rings is 1. The summed E-state index contributed by atoms with van der Waals surface area (Å²) in [5, 5.41) is 13.6. The molecule has 4 rings (SSSR count). The number of nitrogens with one attached hydrogen (secondary N) is 1.